The monoisotopic (exact) mass is 278 g/mol. The molecule has 0 fully saturated rings. The van der Waals surface area contributed by atoms with Gasteiger partial charge in [0.2, 0.25) is 0 Å². The van der Waals surface area contributed by atoms with E-state index in [-0.39, 0.29) is 0 Å². The molecule has 0 spiro atoms. The van der Waals surface area contributed by atoms with Gasteiger partial charge in [-0.15, -0.1) is 11.3 Å². The van der Waals surface area contributed by atoms with Gasteiger partial charge in [0.25, 0.3) is 0 Å². The summed E-state index contributed by atoms with van der Waals surface area (Å²) in [5.41, 5.74) is 0. The lowest BCUT2D eigenvalue weighted by Crippen LogP contribution is -2.04. The van der Waals surface area contributed by atoms with Crippen LogP contribution in [0.4, 0.5) is 0 Å². The Morgan fingerprint density at radius 1 is 1.69 bits per heavy atom. The highest BCUT2D eigenvalue weighted by atomic mass is 79.9. The van der Waals surface area contributed by atoms with Crippen LogP contribution in [0.5, 0.6) is 0 Å². The molecule has 1 nitrogen and oxygen atoms in total. The first kappa shape index (κ1) is 11.3. The van der Waals surface area contributed by atoms with Crippen molar-refractivity contribution < 1.29 is 4.79 Å². The van der Waals surface area contributed by atoms with Crippen molar-refractivity contribution in [2.75, 3.05) is 11.5 Å². The summed E-state index contributed by atoms with van der Waals surface area (Å²) in [6.07, 6.45) is 0.575. The van der Waals surface area contributed by atoms with Crippen molar-refractivity contribution in [1.29, 1.82) is 0 Å². The van der Waals surface area contributed by atoms with E-state index in [0.29, 0.717) is 18.0 Å². The third-order valence-electron chi connectivity index (χ3n) is 1.52. The van der Waals surface area contributed by atoms with E-state index < -0.39 is 0 Å². The van der Waals surface area contributed by atoms with Gasteiger partial charge in [-0.25, -0.2) is 0 Å². The first-order chi connectivity index (χ1) is 6.24. The number of halogens is 1. The largest absolute Gasteiger partial charge is 0.298 e. The fraction of sp³-hybridized carbons (Fsp3) is 0.444. The first-order valence-electron chi connectivity index (χ1n) is 4.05. The third kappa shape index (κ3) is 3.83. The van der Waals surface area contributed by atoms with Crippen LogP contribution in [0, 0.1) is 0 Å². The Bertz CT molecular complexity index is 283. The molecule has 1 aromatic heterocycles. The first-order valence-corrected chi connectivity index (χ1v) is 6.88. The summed E-state index contributed by atoms with van der Waals surface area (Å²) in [6, 6.07) is 1.99. The number of Topliss-reactive ketones (excluding diaryl/α,β-unsaturated/α-hetero) is 1. The minimum absolute atomic E-state index is 0.315. The number of ketones is 1. The van der Waals surface area contributed by atoms with Gasteiger partial charge in [-0.3, -0.25) is 4.79 Å². The van der Waals surface area contributed by atoms with Crippen molar-refractivity contribution in [3.05, 3.63) is 20.8 Å². The molecular weight excluding hydrogens is 268 g/mol. The lowest BCUT2D eigenvalue weighted by molar-refractivity contribution is -0.115. The fourth-order valence-electron chi connectivity index (χ4n) is 0.897. The van der Waals surface area contributed by atoms with E-state index in [0.717, 1.165) is 15.1 Å². The number of hydrogen-bond donors (Lipinski definition) is 0. The van der Waals surface area contributed by atoms with Crippen LogP contribution in [0.15, 0.2) is 15.9 Å². The molecule has 0 N–H and O–H groups in total. The normalized spacial score (nSPS) is 10.3. The number of carbonyl (C=O) groups is 1. The molecule has 13 heavy (non-hydrogen) atoms. The maximum Gasteiger partial charge on any atom is 0.147 e. The molecule has 0 radical (unpaired) electrons. The lowest BCUT2D eigenvalue weighted by atomic mass is 10.3. The predicted molar refractivity (Wildman–Crippen MR) is 63.7 cm³/mol. The zero-order chi connectivity index (χ0) is 9.68. The molecule has 0 unspecified atom stereocenters. The van der Waals surface area contributed by atoms with Gasteiger partial charge in [0.05, 0.1) is 5.75 Å². The molecule has 72 valence electrons. The van der Waals surface area contributed by atoms with Crippen molar-refractivity contribution in [1.82, 2.24) is 0 Å². The van der Waals surface area contributed by atoms with E-state index in [1.54, 1.807) is 23.1 Å². The summed E-state index contributed by atoms with van der Waals surface area (Å²) < 4.78 is 1.06. The Morgan fingerprint density at radius 3 is 3.00 bits per heavy atom. The van der Waals surface area contributed by atoms with E-state index in [2.05, 4.69) is 22.9 Å². The Hall–Kier alpha value is 0.200. The van der Waals surface area contributed by atoms with Crippen molar-refractivity contribution in [2.24, 2.45) is 0 Å². The summed E-state index contributed by atoms with van der Waals surface area (Å²) in [5, 5.41) is 2.00. The fourth-order valence-corrected chi connectivity index (χ4v) is 2.95. The number of thioether (sulfide) groups is 1. The number of carbonyl (C=O) groups excluding carboxylic acids is 1. The highest BCUT2D eigenvalue weighted by Crippen LogP contribution is 2.23. The molecule has 1 aromatic rings. The van der Waals surface area contributed by atoms with Gasteiger partial charge in [-0.05, 0) is 33.1 Å². The Labute approximate surface area is 95.0 Å². The quantitative estimate of drug-likeness (QED) is 0.822. The van der Waals surface area contributed by atoms with Crippen LogP contribution in [0.2, 0.25) is 0 Å². The molecule has 0 atom stereocenters. The molecule has 0 aliphatic carbocycles. The van der Waals surface area contributed by atoms with Crippen LogP contribution in [0.1, 0.15) is 11.8 Å². The molecule has 0 aliphatic heterocycles. The smallest absolute Gasteiger partial charge is 0.147 e. The van der Waals surface area contributed by atoms with Crippen LogP contribution in [0.25, 0.3) is 0 Å². The highest BCUT2D eigenvalue weighted by molar-refractivity contribution is 9.10. The summed E-state index contributed by atoms with van der Waals surface area (Å²) >= 11 is 6.73. The van der Waals surface area contributed by atoms with Crippen LogP contribution in [-0.2, 0) is 11.2 Å². The minimum atomic E-state index is 0.315. The van der Waals surface area contributed by atoms with Crippen molar-refractivity contribution in [3.8, 4) is 0 Å². The third-order valence-corrected chi connectivity index (χ3v) is 4.38. The molecule has 1 heterocycles. The Kier molecular flexibility index (Phi) is 5.06. The van der Waals surface area contributed by atoms with Crippen molar-refractivity contribution >= 4 is 44.8 Å². The van der Waals surface area contributed by atoms with Gasteiger partial charge >= 0.3 is 0 Å². The average Bonchev–Trinajstić information content (AvgIpc) is 2.48. The lowest BCUT2D eigenvalue weighted by Gasteiger charge is -1.97. The number of thiophene rings is 1. The minimum Gasteiger partial charge on any atom is -0.298 e. The average molecular weight is 279 g/mol. The van der Waals surface area contributed by atoms with Gasteiger partial charge in [0.15, 0.2) is 0 Å². The second-order valence-electron chi connectivity index (χ2n) is 2.54. The van der Waals surface area contributed by atoms with Gasteiger partial charge in [0, 0.05) is 15.8 Å². The Balaban J connectivity index is 2.41. The van der Waals surface area contributed by atoms with Gasteiger partial charge in [-0.2, -0.15) is 11.8 Å². The van der Waals surface area contributed by atoms with E-state index in [1.807, 2.05) is 11.4 Å². The Morgan fingerprint density at radius 2 is 2.46 bits per heavy atom. The molecule has 4 heteroatoms. The van der Waals surface area contributed by atoms with Gasteiger partial charge < -0.3 is 0 Å². The number of rotatable bonds is 5. The molecule has 0 saturated heterocycles. The summed E-state index contributed by atoms with van der Waals surface area (Å²) in [4.78, 5) is 12.5. The zero-order valence-electron chi connectivity index (χ0n) is 7.38. The molecule has 0 amide bonds. The van der Waals surface area contributed by atoms with Crippen LogP contribution in [0.3, 0.4) is 0 Å². The molecular formula is C9H11BrOS2. The predicted octanol–water partition coefficient (Wildman–Crippen LogP) is 3.38. The standard InChI is InChI=1S/C9H11BrOS2/c1-2-12-6-7(11)5-9-8(10)3-4-13-9/h3-4H,2,5-6H2,1H3. The molecule has 0 saturated carbocycles. The van der Waals surface area contributed by atoms with E-state index in [1.165, 1.54) is 0 Å². The van der Waals surface area contributed by atoms with E-state index >= 15 is 0 Å². The number of hydrogen-bond acceptors (Lipinski definition) is 3. The highest BCUT2D eigenvalue weighted by Gasteiger charge is 2.07. The second-order valence-corrected chi connectivity index (χ2v) is 5.67. The summed E-state index contributed by atoms with van der Waals surface area (Å²) in [5.74, 6) is 1.97. The van der Waals surface area contributed by atoms with Crippen LogP contribution >= 0.6 is 39.0 Å². The van der Waals surface area contributed by atoms with Crippen LogP contribution < -0.4 is 0 Å². The molecule has 1 rings (SSSR count). The van der Waals surface area contributed by atoms with Crippen LogP contribution in [-0.4, -0.2) is 17.3 Å². The van der Waals surface area contributed by atoms with Gasteiger partial charge in [0.1, 0.15) is 5.78 Å². The van der Waals surface area contributed by atoms with Crippen molar-refractivity contribution in [3.63, 3.8) is 0 Å². The SMILES string of the molecule is CCSCC(=O)Cc1sccc1Br. The summed E-state index contributed by atoms with van der Waals surface area (Å²) in [7, 11) is 0. The van der Waals surface area contributed by atoms with E-state index in [9.17, 15) is 4.79 Å². The molecule has 0 bridgehead atoms. The molecule has 0 aromatic carbocycles. The maximum absolute atomic E-state index is 11.4. The van der Waals surface area contributed by atoms with E-state index in [4.69, 9.17) is 0 Å². The summed E-state index contributed by atoms with van der Waals surface area (Å²) in [6.45, 7) is 2.07. The maximum atomic E-state index is 11.4. The second kappa shape index (κ2) is 5.83. The van der Waals surface area contributed by atoms with Crippen molar-refractivity contribution in [2.45, 2.75) is 13.3 Å². The van der Waals surface area contributed by atoms with Gasteiger partial charge in [-0.1, -0.05) is 6.92 Å². The topological polar surface area (TPSA) is 17.1 Å². The molecule has 0 aliphatic rings. The zero-order valence-corrected chi connectivity index (χ0v) is 10.6.